The Balaban J connectivity index is 1.79. The van der Waals surface area contributed by atoms with Crippen LogP contribution in [-0.2, 0) is 12.3 Å². The predicted molar refractivity (Wildman–Crippen MR) is 113 cm³/mol. The van der Waals surface area contributed by atoms with Crippen molar-refractivity contribution in [2.24, 2.45) is 5.92 Å². The molecule has 3 aromatic heterocycles. The van der Waals surface area contributed by atoms with Crippen LogP contribution in [0.25, 0.3) is 16.0 Å². The van der Waals surface area contributed by atoms with Crippen molar-refractivity contribution in [3.63, 3.8) is 0 Å². The second-order valence-corrected chi connectivity index (χ2v) is 8.97. The lowest BCUT2D eigenvalue weighted by atomic mass is 10.1. The van der Waals surface area contributed by atoms with Gasteiger partial charge in [0.25, 0.3) is 5.56 Å². The van der Waals surface area contributed by atoms with E-state index in [1.54, 1.807) is 16.3 Å². The summed E-state index contributed by atoms with van der Waals surface area (Å²) in [6, 6.07) is 10.4. The second-order valence-electron chi connectivity index (χ2n) is 7.11. The molecule has 0 spiro atoms. The van der Waals surface area contributed by atoms with Crippen molar-refractivity contribution in [3.8, 4) is 0 Å². The largest absolute Gasteiger partial charge is 0.276 e. The van der Waals surface area contributed by atoms with Crippen LogP contribution >= 0.6 is 23.1 Å². The van der Waals surface area contributed by atoms with E-state index in [0.29, 0.717) is 18.2 Å². The molecule has 0 N–H and O–H groups in total. The number of hydrogen-bond donors (Lipinski definition) is 0. The van der Waals surface area contributed by atoms with Gasteiger partial charge in [0.1, 0.15) is 4.70 Å². The molecule has 0 aliphatic carbocycles. The summed E-state index contributed by atoms with van der Waals surface area (Å²) >= 11 is 3.15. The maximum Gasteiger partial charge on any atom is 0.272 e. The van der Waals surface area contributed by atoms with Crippen LogP contribution in [0.5, 0.6) is 0 Å². The summed E-state index contributed by atoms with van der Waals surface area (Å²) in [5.74, 6) is 1.98. The number of aromatic nitrogens is 4. The van der Waals surface area contributed by atoms with Gasteiger partial charge in [-0.05, 0) is 41.8 Å². The number of hydrogen-bond acceptors (Lipinski definition) is 5. The number of benzene rings is 1. The molecule has 27 heavy (non-hydrogen) atoms. The average Bonchev–Trinajstić information content (AvgIpc) is 3.27. The molecule has 0 fully saturated rings. The molecule has 4 rings (SSSR count). The third kappa shape index (κ3) is 3.41. The van der Waals surface area contributed by atoms with E-state index in [9.17, 15) is 4.79 Å². The monoisotopic (exact) mass is 398 g/mol. The molecule has 140 valence electrons. The molecule has 3 heterocycles. The van der Waals surface area contributed by atoms with Gasteiger partial charge in [0.2, 0.25) is 5.78 Å². The van der Waals surface area contributed by atoms with E-state index < -0.39 is 0 Å². The molecule has 4 aromatic rings. The zero-order chi connectivity index (χ0) is 19.0. The summed E-state index contributed by atoms with van der Waals surface area (Å²) in [7, 11) is 0. The van der Waals surface area contributed by atoms with Gasteiger partial charge in [0.05, 0.1) is 5.52 Å². The van der Waals surface area contributed by atoms with E-state index in [2.05, 4.69) is 55.2 Å². The molecule has 0 atom stereocenters. The van der Waals surface area contributed by atoms with Crippen molar-refractivity contribution >= 4 is 39.1 Å². The van der Waals surface area contributed by atoms with Crippen molar-refractivity contribution in [2.75, 3.05) is 0 Å². The Morgan fingerprint density at radius 3 is 2.78 bits per heavy atom. The van der Waals surface area contributed by atoms with E-state index in [1.165, 1.54) is 22.5 Å². The Hall–Kier alpha value is -2.12. The Kier molecular flexibility index (Phi) is 5.06. The quantitative estimate of drug-likeness (QED) is 0.440. The molecule has 0 saturated heterocycles. The number of nitrogens with zero attached hydrogens (tertiary/aromatic N) is 4. The van der Waals surface area contributed by atoms with Crippen LogP contribution in [0.4, 0.5) is 0 Å². The second kappa shape index (κ2) is 7.48. The molecular weight excluding hydrogens is 376 g/mol. The lowest BCUT2D eigenvalue weighted by Gasteiger charge is -2.11. The maximum absolute atomic E-state index is 12.9. The van der Waals surface area contributed by atoms with Crippen LogP contribution in [-0.4, -0.2) is 19.2 Å². The molecule has 7 heteroatoms. The number of aryl methyl sites for hydroxylation is 2. The summed E-state index contributed by atoms with van der Waals surface area (Å²) in [4.78, 5) is 12.9. The molecule has 0 saturated carbocycles. The number of rotatable bonds is 6. The van der Waals surface area contributed by atoms with Crippen molar-refractivity contribution in [1.82, 2.24) is 19.2 Å². The third-order valence-corrected chi connectivity index (χ3v) is 6.60. The van der Waals surface area contributed by atoms with Crippen LogP contribution in [0.3, 0.4) is 0 Å². The Bertz CT molecular complexity index is 1160. The van der Waals surface area contributed by atoms with Gasteiger partial charge in [-0.25, -0.2) is 0 Å². The first-order chi connectivity index (χ1) is 13.1. The fourth-order valence-electron chi connectivity index (χ4n) is 3.10. The standard InChI is InChI=1S/C20H22N4OS2/c1-13(2)8-10-23-18(25)17-16(9-11-26-17)24-19(23)21-22-20(24)27-12-15-7-5-4-6-14(15)3/h4-7,9,11,13H,8,10,12H2,1-3H3. The van der Waals surface area contributed by atoms with Gasteiger partial charge in [-0.3, -0.25) is 13.8 Å². The summed E-state index contributed by atoms with van der Waals surface area (Å²) in [6.07, 6.45) is 0.936. The lowest BCUT2D eigenvalue weighted by molar-refractivity contribution is 0.512. The number of thioether (sulfide) groups is 1. The van der Waals surface area contributed by atoms with Gasteiger partial charge in [-0.2, -0.15) is 0 Å². The van der Waals surface area contributed by atoms with Crippen LogP contribution in [0.2, 0.25) is 0 Å². The Morgan fingerprint density at radius 2 is 2.00 bits per heavy atom. The van der Waals surface area contributed by atoms with Crippen LogP contribution in [0, 0.1) is 12.8 Å². The van der Waals surface area contributed by atoms with Crippen molar-refractivity contribution < 1.29 is 0 Å². The van der Waals surface area contributed by atoms with E-state index in [0.717, 1.165) is 27.5 Å². The summed E-state index contributed by atoms with van der Waals surface area (Å²) in [6.45, 7) is 7.12. The Labute approximate surface area is 166 Å². The fourth-order valence-corrected chi connectivity index (χ4v) is 4.94. The van der Waals surface area contributed by atoms with Crippen LogP contribution in [0.1, 0.15) is 31.4 Å². The zero-order valence-corrected chi connectivity index (χ0v) is 17.3. The highest BCUT2D eigenvalue weighted by atomic mass is 32.2. The highest BCUT2D eigenvalue weighted by molar-refractivity contribution is 7.98. The molecule has 0 aliphatic rings. The van der Waals surface area contributed by atoms with E-state index >= 15 is 0 Å². The maximum atomic E-state index is 12.9. The smallest absolute Gasteiger partial charge is 0.272 e. The molecule has 5 nitrogen and oxygen atoms in total. The SMILES string of the molecule is Cc1ccccc1CSc1nnc2n(CCC(C)C)c(=O)c3sccc3n12. The highest BCUT2D eigenvalue weighted by Crippen LogP contribution is 2.27. The fraction of sp³-hybridized carbons (Fsp3) is 0.350. The first-order valence-corrected chi connectivity index (χ1v) is 10.9. The summed E-state index contributed by atoms with van der Waals surface area (Å²) < 4.78 is 4.59. The van der Waals surface area contributed by atoms with Gasteiger partial charge in [0.15, 0.2) is 5.16 Å². The Morgan fingerprint density at radius 1 is 1.19 bits per heavy atom. The first-order valence-electron chi connectivity index (χ1n) is 9.08. The van der Waals surface area contributed by atoms with Gasteiger partial charge in [-0.1, -0.05) is 49.9 Å². The van der Waals surface area contributed by atoms with Gasteiger partial charge < -0.3 is 0 Å². The minimum absolute atomic E-state index is 0.0380. The minimum atomic E-state index is 0.0380. The predicted octanol–water partition coefficient (Wildman–Crippen LogP) is 4.75. The van der Waals surface area contributed by atoms with Gasteiger partial charge in [-0.15, -0.1) is 21.5 Å². The molecule has 0 radical (unpaired) electrons. The van der Waals surface area contributed by atoms with Crippen molar-refractivity contribution in [1.29, 1.82) is 0 Å². The molecular formula is C20H22N4OS2. The number of thiophene rings is 1. The van der Waals surface area contributed by atoms with E-state index in [4.69, 9.17) is 0 Å². The zero-order valence-electron chi connectivity index (χ0n) is 15.7. The van der Waals surface area contributed by atoms with E-state index in [1.807, 2.05) is 15.8 Å². The first kappa shape index (κ1) is 18.3. The highest BCUT2D eigenvalue weighted by Gasteiger charge is 2.18. The van der Waals surface area contributed by atoms with Crippen molar-refractivity contribution in [3.05, 3.63) is 57.2 Å². The lowest BCUT2D eigenvalue weighted by Crippen LogP contribution is -2.23. The van der Waals surface area contributed by atoms with Crippen LogP contribution < -0.4 is 5.56 Å². The minimum Gasteiger partial charge on any atom is -0.276 e. The normalized spacial score (nSPS) is 11.9. The molecule has 0 amide bonds. The summed E-state index contributed by atoms with van der Waals surface area (Å²) in [5.41, 5.74) is 3.50. The number of fused-ring (bicyclic) bond motifs is 3. The molecule has 0 bridgehead atoms. The van der Waals surface area contributed by atoms with Crippen molar-refractivity contribution in [2.45, 2.75) is 44.6 Å². The van der Waals surface area contributed by atoms with Gasteiger partial charge >= 0.3 is 0 Å². The topological polar surface area (TPSA) is 52.2 Å². The van der Waals surface area contributed by atoms with Gasteiger partial charge in [0, 0.05) is 12.3 Å². The summed E-state index contributed by atoms with van der Waals surface area (Å²) in [5, 5.41) is 11.6. The van der Waals surface area contributed by atoms with Crippen LogP contribution in [0.15, 0.2) is 45.7 Å². The molecule has 0 unspecified atom stereocenters. The van der Waals surface area contributed by atoms with E-state index in [-0.39, 0.29) is 5.56 Å². The average molecular weight is 399 g/mol. The third-order valence-electron chi connectivity index (χ3n) is 4.73. The molecule has 0 aliphatic heterocycles. The molecule has 1 aromatic carbocycles.